The monoisotopic (exact) mass is 399 g/mol. The zero-order valence-electron chi connectivity index (χ0n) is 14.4. The van der Waals surface area contributed by atoms with Gasteiger partial charge in [0.05, 0.1) is 11.3 Å². The number of allylic oxidation sites excluding steroid dienone is 1. The van der Waals surface area contributed by atoms with Gasteiger partial charge in [0.25, 0.3) is 5.91 Å². The normalized spacial score (nSPS) is 16.2. The third kappa shape index (κ3) is 3.50. The van der Waals surface area contributed by atoms with E-state index in [1.54, 1.807) is 23.2 Å². The number of nitrogens with zero attached hydrogens (tertiary/aromatic N) is 2. The largest absolute Gasteiger partial charge is 0.333 e. The maximum atomic E-state index is 13.1. The number of hydrogen-bond donors (Lipinski definition) is 1. The van der Waals surface area contributed by atoms with Crippen molar-refractivity contribution in [2.45, 2.75) is 11.8 Å². The van der Waals surface area contributed by atoms with Gasteiger partial charge in [0.1, 0.15) is 17.5 Å². The Morgan fingerprint density at radius 1 is 1.19 bits per heavy atom. The number of hydrogen-bond acceptors (Lipinski definition) is 4. The molecule has 0 fully saturated rings. The summed E-state index contributed by atoms with van der Waals surface area (Å²) in [5.74, 6) is -0.448. The molecular weight excluding hydrogens is 385 g/mol. The number of benzene rings is 2. The summed E-state index contributed by atoms with van der Waals surface area (Å²) in [4.78, 5) is 13.5. The average molecular weight is 400 g/mol. The van der Waals surface area contributed by atoms with Gasteiger partial charge in [-0.05, 0) is 55.0 Å². The standard InChI is InChI=1S/C20H15ClFN3OS/c1-12-3-2-4-15(21)18(12)19-16-9-10-17(24-25(16)11-23-20(19)26)27-14-7-5-13(22)6-8-14/h2-10H,11H2,1H3,(H,23,26). The smallest absolute Gasteiger partial charge is 0.255 e. The number of amides is 1. The van der Waals surface area contributed by atoms with E-state index in [-0.39, 0.29) is 18.4 Å². The van der Waals surface area contributed by atoms with Crippen molar-refractivity contribution in [1.82, 2.24) is 10.3 Å². The summed E-state index contributed by atoms with van der Waals surface area (Å²) >= 11 is 7.81. The third-order valence-electron chi connectivity index (χ3n) is 4.26. The highest BCUT2D eigenvalue weighted by Crippen LogP contribution is 2.35. The molecule has 1 N–H and O–H groups in total. The second kappa shape index (κ2) is 7.21. The molecule has 2 aromatic carbocycles. The predicted molar refractivity (Wildman–Crippen MR) is 107 cm³/mol. The number of halogens is 2. The second-order valence-corrected chi connectivity index (χ2v) is 7.58. The second-order valence-electron chi connectivity index (χ2n) is 6.08. The van der Waals surface area contributed by atoms with Gasteiger partial charge < -0.3 is 5.32 Å². The van der Waals surface area contributed by atoms with Gasteiger partial charge in [-0.15, -0.1) is 0 Å². The van der Waals surface area contributed by atoms with Crippen LogP contribution in [0.1, 0.15) is 11.1 Å². The number of carbonyl (C=O) groups is 1. The molecular formula is C20H15ClFN3OS. The maximum absolute atomic E-state index is 13.1. The van der Waals surface area contributed by atoms with Crippen molar-refractivity contribution in [3.63, 3.8) is 0 Å². The lowest BCUT2D eigenvalue weighted by Gasteiger charge is -2.31. The molecule has 2 heterocycles. The van der Waals surface area contributed by atoms with Gasteiger partial charge in [-0.2, -0.15) is 5.10 Å². The van der Waals surface area contributed by atoms with Crippen LogP contribution in [0.5, 0.6) is 0 Å². The lowest BCUT2D eigenvalue weighted by Crippen LogP contribution is -2.42. The van der Waals surface area contributed by atoms with E-state index in [9.17, 15) is 9.18 Å². The molecule has 0 saturated carbocycles. The van der Waals surface area contributed by atoms with E-state index < -0.39 is 0 Å². The number of fused-ring (bicyclic) bond motifs is 1. The first kappa shape index (κ1) is 17.8. The SMILES string of the molecule is Cc1cccc(Cl)c1C1=C2C=CC(Sc3ccc(F)cc3)=NN2CNC1=O. The first-order chi connectivity index (χ1) is 13.0. The number of nitrogens with one attached hydrogen (secondary N) is 1. The molecule has 2 aliphatic rings. The fourth-order valence-corrected chi connectivity index (χ4v) is 4.10. The molecule has 0 saturated heterocycles. The van der Waals surface area contributed by atoms with Crippen molar-refractivity contribution in [3.05, 3.63) is 82.3 Å². The van der Waals surface area contributed by atoms with Crippen molar-refractivity contribution in [2.24, 2.45) is 5.10 Å². The minimum absolute atomic E-state index is 0.174. The Hall–Kier alpha value is -2.57. The molecule has 4 rings (SSSR count). The van der Waals surface area contributed by atoms with E-state index in [4.69, 9.17) is 11.6 Å². The predicted octanol–water partition coefficient (Wildman–Crippen LogP) is 4.56. The van der Waals surface area contributed by atoms with Gasteiger partial charge in [0.15, 0.2) is 0 Å². The van der Waals surface area contributed by atoms with Gasteiger partial charge in [-0.1, -0.05) is 35.5 Å². The molecule has 2 aliphatic heterocycles. The van der Waals surface area contributed by atoms with Crippen LogP contribution in [0, 0.1) is 12.7 Å². The zero-order chi connectivity index (χ0) is 19.0. The molecule has 0 unspecified atom stereocenters. The summed E-state index contributed by atoms with van der Waals surface area (Å²) in [6.07, 6.45) is 3.72. The zero-order valence-corrected chi connectivity index (χ0v) is 15.9. The van der Waals surface area contributed by atoms with Crippen LogP contribution in [0.15, 0.2) is 70.3 Å². The molecule has 2 aromatic rings. The van der Waals surface area contributed by atoms with Crippen LogP contribution >= 0.6 is 23.4 Å². The number of hydrazone groups is 1. The third-order valence-corrected chi connectivity index (χ3v) is 5.51. The lowest BCUT2D eigenvalue weighted by atomic mass is 9.96. The quantitative estimate of drug-likeness (QED) is 0.804. The van der Waals surface area contributed by atoms with Crippen LogP contribution in [0.4, 0.5) is 4.39 Å². The van der Waals surface area contributed by atoms with E-state index in [1.165, 1.54) is 23.9 Å². The van der Waals surface area contributed by atoms with Crippen LogP contribution in [-0.2, 0) is 4.79 Å². The van der Waals surface area contributed by atoms with Gasteiger partial charge in [0, 0.05) is 15.5 Å². The van der Waals surface area contributed by atoms with Crippen molar-refractivity contribution in [1.29, 1.82) is 0 Å². The van der Waals surface area contributed by atoms with Crippen LogP contribution < -0.4 is 5.32 Å². The number of carbonyl (C=O) groups excluding carboxylic acids is 1. The van der Waals surface area contributed by atoms with Crippen LogP contribution in [0.2, 0.25) is 5.02 Å². The molecule has 0 bridgehead atoms. The molecule has 0 aromatic heterocycles. The first-order valence-corrected chi connectivity index (χ1v) is 9.48. The summed E-state index contributed by atoms with van der Waals surface area (Å²) < 4.78 is 13.1. The van der Waals surface area contributed by atoms with Gasteiger partial charge in [-0.3, -0.25) is 4.79 Å². The van der Waals surface area contributed by atoms with Gasteiger partial charge in [-0.25, -0.2) is 9.40 Å². The summed E-state index contributed by atoms with van der Waals surface area (Å²) in [5.41, 5.74) is 2.85. The Balaban J connectivity index is 1.71. The average Bonchev–Trinajstić information content (AvgIpc) is 2.65. The Kier molecular flexibility index (Phi) is 4.76. The number of aryl methyl sites for hydroxylation is 1. The minimum atomic E-state index is -0.274. The summed E-state index contributed by atoms with van der Waals surface area (Å²) in [7, 11) is 0. The first-order valence-electron chi connectivity index (χ1n) is 8.28. The van der Waals surface area contributed by atoms with E-state index >= 15 is 0 Å². The lowest BCUT2D eigenvalue weighted by molar-refractivity contribution is -0.116. The van der Waals surface area contributed by atoms with Crippen LogP contribution in [-0.4, -0.2) is 22.6 Å². The van der Waals surface area contributed by atoms with Crippen molar-refractivity contribution in [3.8, 4) is 0 Å². The summed E-state index contributed by atoms with van der Waals surface area (Å²) in [6.45, 7) is 2.20. The Morgan fingerprint density at radius 3 is 2.70 bits per heavy atom. The van der Waals surface area contributed by atoms with Crippen molar-refractivity contribution in [2.75, 3.05) is 6.67 Å². The van der Waals surface area contributed by atoms with Gasteiger partial charge >= 0.3 is 0 Å². The molecule has 0 aliphatic carbocycles. The topological polar surface area (TPSA) is 44.7 Å². The van der Waals surface area contributed by atoms with Crippen LogP contribution in [0.25, 0.3) is 5.57 Å². The molecule has 0 radical (unpaired) electrons. The molecule has 0 spiro atoms. The van der Waals surface area contributed by atoms with E-state index in [0.29, 0.717) is 21.9 Å². The highest BCUT2D eigenvalue weighted by atomic mass is 35.5. The van der Waals surface area contributed by atoms with E-state index in [2.05, 4.69) is 10.4 Å². The minimum Gasteiger partial charge on any atom is -0.333 e. The molecule has 7 heteroatoms. The molecule has 4 nitrogen and oxygen atoms in total. The van der Waals surface area contributed by atoms with Crippen molar-refractivity contribution >= 4 is 39.9 Å². The highest BCUT2D eigenvalue weighted by molar-refractivity contribution is 8.14. The van der Waals surface area contributed by atoms with Gasteiger partial charge in [0.2, 0.25) is 0 Å². The summed E-state index contributed by atoms with van der Waals surface area (Å²) in [6, 6.07) is 11.8. The Bertz CT molecular complexity index is 994. The Labute approximate surface area is 165 Å². The van der Waals surface area contributed by atoms with Crippen LogP contribution in [0.3, 0.4) is 0 Å². The highest BCUT2D eigenvalue weighted by Gasteiger charge is 2.29. The molecule has 0 atom stereocenters. The van der Waals surface area contributed by atoms with E-state index in [1.807, 2.05) is 31.2 Å². The Morgan fingerprint density at radius 2 is 1.96 bits per heavy atom. The molecule has 27 heavy (non-hydrogen) atoms. The maximum Gasteiger partial charge on any atom is 0.255 e. The van der Waals surface area contributed by atoms with E-state index in [0.717, 1.165) is 15.5 Å². The summed E-state index contributed by atoms with van der Waals surface area (Å²) in [5, 5.41) is 10.5. The number of thioether (sulfide) groups is 1. The fourth-order valence-electron chi connectivity index (χ4n) is 2.99. The molecule has 1 amide bonds. The van der Waals surface area contributed by atoms with Crippen molar-refractivity contribution < 1.29 is 9.18 Å². The number of rotatable bonds is 2. The fraction of sp³-hybridized carbons (Fsp3) is 0.100. The molecule has 136 valence electrons.